The molecule has 0 aliphatic rings. The van der Waals surface area contributed by atoms with Crippen LogP contribution in [0.3, 0.4) is 0 Å². The van der Waals surface area contributed by atoms with Crippen molar-refractivity contribution in [1.82, 2.24) is 4.72 Å². The quantitative estimate of drug-likeness (QED) is 0.666. The third-order valence-electron chi connectivity index (χ3n) is 4.03. The van der Waals surface area contributed by atoms with Gasteiger partial charge in [-0.2, -0.15) is 4.72 Å². The van der Waals surface area contributed by atoms with Gasteiger partial charge in [0.15, 0.2) is 5.76 Å². The summed E-state index contributed by atoms with van der Waals surface area (Å²) in [7, 11) is -2.69. The lowest BCUT2D eigenvalue weighted by Gasteiger charge is -2.20. The van der Waals surface area contributed by atoms with Crippen molar-refractivity contribution in [1.29, 1.82) is 0 Å². The minimum Gasteiger partial charge on any atom is -0.465 e. The Labute approximate surface area is 163 Å². The molecular weight excluding hydrogens is 386 g/mol. The number of nitrogens with one attached hydrogen (secondary N) is 1. The van der Waals surface area contributed by atoms with Crippen molar-refractivity contribution in [2.24, 2.45) is 5.92 Å². The molecule has 0 aliphatic heterocycles. The van der Waals surface area contributed by atoms with Crippen LogP contribution in [0.25, 0.3) is 0 Å². The maximum atomic E-state index is 12.6. The third kappa shape index (κ3) is 5.20. The number of methoxy groups -OCH3 is 1. The second kappa shape index (κ2) is 9.03. The summed E-state index contributed by atoms with van der Waals surface area (Å²) in [4.78, 5) is 24.2. The Morgan fingerprint density at radius 3 is 2.36 bits per heavy atom. The molecule has 8 nitrogen and oxygen atoms in total. The molecule has 0 radical (unpaired) electrons. The predicted octanol–water partition coefficient (Wildman–Crippen LogP) is 2.42. The van der Waals surface area contributed by atoms with E-state index in [0.29, 0.717) is 0 Å². The zero-order valence-electron chi connectivity index (χ0n) is 16.1. The van der Waals surface area contributed by atoms with Gasteiger partial charge in [-0.1, -0.05) is 31.5 Å². The van der Waals surface area contributed by atoms with Gasteiger partial charge in [0, 0.05) is 0 Å². The average molecular weight is 409 g/mol. The first kappa shape index (κ1) is 21.6. The summed E-state index contributed by atoms with van der Waals surface area (Å²) in [5, 5.41) is 0. The molecule has 0 saturated heterocycles. The van der Waals surface area contributed by atoms with E-state index >= 15 is 0 Å². The van der Waals surface area contributed by atoms with Crippen molar-refractivity contribution in [2.45, 2.75) is 38.3 Å². The fourth-order valence-corrected chi connectivity index (χ4v) is 3.71. The Kier molecular flexibility index (Phi) is 6.98. The summed E-state index contributed by atoms with van der Waals surface area (Å²) in [6, 6.07) is 6.56. The molecule has 0 spiro atoms. The minimum atomic E-state index is -3.91. The number of esters is 2. The molecule has 1 aromatic carbocycles. The number of carbonyl (C=O) groups excluding carboxylic acids is 2. The third-order valence-corrected chi connectivity index (χ3v) is 5.49. The van der Waals surface area contributed by atoms with Crippen LogP contribution in [-0.4, -0.2) is 33.5 Å². The van der Waals surface area contributed by atoms with Crippen molar-refractivity contribution in [2.75, 3.05) is 7.11 Å². The van der Waals surface area contributed by atoms with Crippen LogP contribution in [0.15, 0.2) is 45.9 Å². The molecule has 0 unspecified atom stereocenters. The predicted molar refractivity (Wildman–Crippen MR) is 100.0 cm³/mol. The van der Waals surface area contributed by atoms with Crippen LogP contribution >= 0.6 is 0 Å². The Morgan fingerprint density at radius 1 is 1.14 bits per heavy atom. The average Bonchev–Trinajstić information content (AvgIpc) is 3.12. The van der Waals surface area contributed by atoms with E-state index in [1.54, 1.807) is 26.0 Å². The van der Waals surface area contributed by atoms with E-state index < -0.39 is 28.0 Å². The standard InChI is InChI=1S/C19H23NO7S/c1-12(2)17(20-28(23,24)14-7-5-13(3)6-8-14)19(22)27-11-16-15(9-10-26-16)18(21)25-4/h5-10,12,17,20H,11H2,1-4H3/t17-/m0/s1. The number of rotatable bonds is 8. The monoisotopic (exact) mass is 409 g/mol. The highest BCUT2D eigenvalue weighted by Crippen LogP contribution is 2.16. The molecule has 2 aromatic rings. The fraction of sp³-hybridized carbons (Fsp3) is 0.368. The lowest BCUT2D eigenvalue weighted by atomic mass is 10.1. The Morgan fingerprint density at radius 2 is 1.79 bits per heavy atom. The number of furan rings is 1. The summed E-state index contributed by atoms with van der Waals surface area (Å²) in [6.45, 7) is 4.90. The number of sulfonamides is 1. The van der Waals surface area contributed by atoms with Gasteiger partial charge in [0.2, 0.25) is 10.0 Å². The first-order valence-electron chi connectivity index (χ1n) is 8.56. The molecule has 1 heterocycles. The van der Waals surface area contributed by atoms with E-state index in [4.69, 9.17) is 9.15 Å². The van der Waals surface area contributed by atoms with Gasteiger partial charge >= 0.3 is 11.9 Å². The van der Waals surface area contributed by atoms with E-state index in [1.807, 2.05) is 6.92 Å². The maximum Gasteiger partial charge on any atom is 0.341 e. The zero-order chi connectivity index (χ0) is 20.9. The van der Waals surface area contributed by atoms with Crippen LogP contribution in [0, 0.1) is 12.8 Å². The lowest BCUT2D eigenvalue weighted by molar-refractivity contribution is -0.148. The molecule has 0 amide bonds. The molecular formula is C19H23NO7S. The van der Waals surface area contributed by atoms with Gasteiger partial charge in [0.25, 0.3) is 0 Å². The van der Waals surface area contributed by atoms with Crippen molar-refractivity contribution in [3.05, 3.63) is 53.5 Å². The molecule has 9 heteroatoms. The molecule has 2 rings (SSSR count). The van der Waals surface area contributed by atoms with Gasteiger partial charge in [0.05, 0.1) is 18.3 Å². The Balaban J connectivity index is 2.11. The number of ether oxygens (including phenoxy) is 2. The van der Waals surface area contributed by atoms with E-state index in [-0.39, 0.29) is 28.7 Å². The van der Waals surface area contributed by atoms with Crippen LogP contribution in [-0.2, 0) is 30.9 Å². The van der Waals surface area contributed by atoms with Crippen molar-refractivity contribution >= 4 is 22.0 Å². The number of hydrogen-bond acceptors (Lipinski definition) is 7. The highest BCUT2D eigenvalue weighted by atomic mass is 32.2. The van der Waals surface area contributed by atoms with Gasteiger partial charge in [-0.05, 0) is 31.0 Å². The Hall–Kier alpha value is -2.65. The summed E-state index contributed by atoms with van der Waals surface area (Å²) in [6.07, 6.45) is 1.27. The maximum absolute atomic E-state index is 12.6. The summed E-state index contributed by atoms with van der Waals surface area (Å²) in [5.41, 5.74) is 1.05. The largest absolute Gasteiger partial charge is 0.465 e. The van der Waals surface area contributed by atoms with Gasteiger partial charge in [-0.25, -0.2) is 13.2 Å². The van der Waals surface area contributed by atoms with E-state index in [2.05, 4.69) is 9.46 Å². The van der Waals surface area contributed by atoms with Gasteiger partial charge in [0.1, 0.15) is 18.2 Å². The van der Waals surface area contributed by atoms with Gasteiger partial charge < -0.3 is 13.9 Å². The molecule has 152 valence electrons. The molecule has 1 atom stereocenters. The lowest BCUT2D eigenvalue weighted by Crippen LogP contribution is -2.45. The first-order valence-corrected chi connectivity index (χ1v) is 10.0. The number of hydrogen-bond donors (Lipinski definition) is 1. The topological polar surface area (TPSA) is 112 Å². The number of aryl methyl sites for hydroxylation is 1. The Bertz CT molecular complexity index is 929. The molecule has 28 heavy (non-hydrogen) atoms. The smallest absolute Gasteiger partial charge is 0.341 e. The normalized spacial score (nSPS) is 12.6. The van der Waals surface area contributed by atoms with Crippen LogP contribution < -0.4 is 4.72 Å². The van der Waals surface area contributed by atoms with Crippen molar-refractivity contribution < 1.29 is 31.9 Å². The van der Waals surface area contributed by atoms with Crippen LogP contribution in [0.4, 0.5) is 0 Å². The van der Waals surface area contributed by atoms with E-state index in [1.165, 1.54) is 31.6 Å². The van der Waals surface area contributed by atoms with Crippen LogP contribution in [0.2, 0.25) is 0 Å². The number of carbonyl (C=O) groups is 2. The SMILES string of the molecule is COC(=O)c1ccoc1COC(=O)[C@@H](NS(=O)(=O)c1ccc(C)cc1)C(C)C. The summed E-state index contributed by atoms with van der Waals surface area (Å²) in [5.74, 6) is -1.66. The number of benzene rings is 1. The molecule has 0 saturated carbocycles. The summed E-state index contributed by atoms with van der Waals surface area (Å²) >= 11 is 0. The van der Waals surface area contributed by atoms with E-state index in [9.17, 15) is 18.0 Å². The fourth-order valence-electron chi connectivity index (χ4n) is 2.38. The summed E-state index contributed by atoms with van der Waals surface area (Å²) < 4.78 is 42.5. The molecule has 0 fully saturated rings. The second-order valence-corrected chi connectivity index (χ2v) is 8.23. The van der Waals surface area contributed by atoms with Gasteiger partial charge in [-0.15, -0.1) is 0 Å². The minimum absolute atomic E-state index is 0.0514. The zero-order valence-corrected chi connectivity index (χ0v) is 16.9. The van der Waals surface area contributed by atoms with Crippen molar-refractivity contribution in [3.63, 3.8) is 0 Å². The van der Waals surface area contributed by atoms with Crippen LogP contribution in [0.1, 0.15) is 35.5 Å². The highest BCUT2D eigenvalue weighted by Gasteiger charge is 2.30. The van der Waals surface area contributed by atoms with E-state index in [0.717, 1.165) is 5.56 Å². The first-order chi connectivity index (χ1) is 13.2. The molecule has 1 N–H and O–H groups in total. The molecule has 0 aliphatic carbocycles. The highest BCUT2D eigenvalue weighted by molar-refractivity contribution is 7.89. The molecule has 1 aromatic heterocycles. The van der Waals surface area contributed by atoms with Gasteiger partial charge in [-0.3, -0.25) is 4.79 Å². The second-order valence-electron chi connectivity index (χ2n) is 6.51. The van der Waals surface area contributed by atoms with Crippen molar-refractivity contribution in [3.8, 4) is 0 Å². The van der Waals surface area contributed by atoms with Crippen LogP contribution in [0.5, 0.6) is 0 Å². The molecule has 0 bridgehead atoms.